The van der Waals surface area contributed by atoms with Crippen molar-refractivity contribution < 1.29 is 9.53 Å². The number of amides is 1. The van der Waals surface area contributed by atoms with Gasteiger partial charge in [-0.3, -0.25) is 15.0 Å². The number of carbonyl (C=O) groups excluding carboxylic acids is 1. The van der Waals surface area contributed by atoms with Gasteiger partial charge in [0.05, 0.1) is 6.54 Å². The van der Waals surface area contributed by atoms with E-state index in [9.17, 15) is 4.79 Å². The number of aromatic nitrogens is 2. The average Bonchev–Trinajstić information content (AvgIpc) is 3.26. The van der Waals surface area contributed by atoms with Gasteiger partial charge < -0.3 is 4.74 Å². The van der Waals surface area contributed by atoms with E-state index in [1.807, 2.05) is 12.1 Å². The molecular formula is C17H19ClN4O2S. The Morgan fingerprint density at radius 1 is 1.44 bits per heavy atom. The van der Waals surface area contributed by atoms with Gasteiger partial charge in [-0.2, -0.15) is 0 Å². The van der Waals surface area contributed by atoms with E-state index in [1.54, 1.807) is 0 Å². The van der Waals surface area contributed by atoms with Crippen molar-refractivity contribution >= 4 is 34.0 Å². The summed E-state index contributed by atoms with van der Waals surface area (Å²) in [7, 11) is 0. The normalized spacial score (nSPS) is 20.4. The summed E-state index contributed by atoms with van der Waals surface area (Å²) in [5, 5.41) is 13.2. The molecule has 0 spiro atoms. The molecule has 8 heteroatoms. The Balaban J connectivity index is 1.33. The van der Waals surface area contributed by atoms with E-state index in [-0.39, 0.29) is 12.0 Å². The highest BCUT2D eigenvalue weighted by Gasteiger charge is 2.23. The molecule has 1 N–H and O–H groups in total. The van der Waals surface area contributed by atoms with Gasteiger partial charge in [0.15, 0.2) is 0 Å². The predicted molar refractivity (Wildman–Crippen MR) is 96.9 cm³/mol. The molecule has 132 valence electrons. The molecule has 25 heavy (non-hydrogen) atoms. The van der Waals surface area contributed by atoms with Crippen LogP contribution in [0.1, 0.15) is 35.1 Å². The summed E-state index contributed by atoms with van der Waals surface area (Å²) in [5.74, 6) is -0.0690. The monoisotopic (exact) mass is 378 g/mol. The summed E-state index contributed by atoms with van der Waals surface area (Å²) in [6.07, 6.45) is 2.92. The van der Waals surface area contributed by atoms with Crippen molar-refractivity contribution in [3.8, 4) is 0 Å². The van der Waals surface area contributed by atoms with Crippen LogP contribution in [0.25, 0.3) is 0 Å². The van der Waals surface area contributed by atoms with Crippen LogP contribution in [-0.4, -0.2) is 40.7 Å². The molecule has 0 aliphatic carbocycles. The maximum Gasteiger partial charge on any atom is 0.240 e. The van der Waals surface area contributed by atoms with Crippen LogP contribution in [0, 0.1) is 0 Å². The van der Waals surface area contributed by atoms with Crippen LogP contribution in [0.15, 0.2) is 18.2 Å². The minimum Gasteiger partial charge on any atom is -0.371 e. The summed E-state index contributed by atoms with van der Waals surface area (Å²) in [6, 6.07) is 5.95. The Morgan fingerprint density at radius 2 is 2.36 bits per heavy atom. The van der Waals surface area contributed by atoms with Crippen LogP contribution in [0.3, 0.4) is 0 Å². The molecule has 0 radical (unpaired) electrons. The van der Waals surface area contributed by atoms with Crippen LogP contribution in [-0.2, 0) is 22.5 Å². The van der Waals surface area contributed by atoms with Crippen LogP contribution >= 0.6 is 22.9 Å². The van der Waals surface area contributed by atoms with E-state index in [2.05, 4.69) is 26.5 Å². The van der Waals surface area contributed by atoms with Crippen molar-refractivity contribution in [3.63, 3.8) is 0 Å². The molecule has 1 saturated heterocycles. The third-order valence-electron chi connectivity index (χ3n) is 4.55. The second kappa shape index (κ2) is 7.37. The molecule has 1 aromatic heterocycles. The Morgan fingerprint density at radius 3 is 3.20 bits per heavy atom. The number of fused-ring (bicyclic) bond motifs is 1. The molecular weight excluding hydrogens is 360 g/mol. The highest BCUT2D eigenvalue weighted by atomic mass is 35.5. The summed E-state index contributed by atoms with van der Waals surface area (Å²) in [4.78, 5) is 14.4. The van der Waals surface area contributed by atoms with Crippen LogP contribution in [0.4, 0.5) is 5.13 Å². The number of halogens is 1. The van der Waals surface area contributed by atoms with E-state index in [4.69, 9.17) is 16.3 Å². The maximum absolute atomic E-state index is 12.3. The van der Waals surface area contributed by atoms with Crippen molar-refractivity contribution in [2.75, 3.05) is 25.0 Å². The Labute approximate surface area is 155 Å². The molecule has 4 rings (SSSR count). The number of carbonyl (C=O) groups is 1. The molecule has 2 aliphatic heterocycles. The number of nitrogens with zero attached hydrogens (tertiary/aromatic N) is 3. The number of benzene rings is 1. The fourth-order valence-corrected chi connectivity index (χ4v) is 4.44. The third-order valence-corrected chi connectivity index (χ3v) is 5.83. The second-order valence-corrected chi connectivity index (χ2v) is 7.75. The van der Waals surface area contributed by atoms with Gasteiger partial charge >= 0.3 is 0 Å². The zero-order chi connectivity index (χ0) is 17.2. The van der Waals surface area contributed by atoms with Gasteiger partial charge in [-0.1, -0.05) is 35.1 Å². The zero-order valence-corrected chi connectivity index (χ0v) is 15.3. The van der Waals surface area contributed by atoms with E-state index in [1.165, 1.54) is 22.5 Å². The fourth-order valence-electron chi connectivity index (χ4n) is 3.31. The zero-order valence-electron chi connectivity index (χ0n) is 13.7. The first-order valence-electron chi connectivity index (χ1n) is 8.42. The highest BCUT2D eigenvalue weighted by molar-refractivity contribution is 7.15. The van der Waals surface area contributed by atoms with Crippen molar-refractivity contribution in [2.45, 2.75) is 31.9 Å². The minimum absolute atomic E-state index is 0.0338. The summed E-state index contributed by atoms with van der Waals surface area (Å²) < 4.78 is 5.60. The molecule has 2 aromatic rings. The standard InChI is InChI=1S/C17H19ClN4O2S/c18-13-4-1-3-11-9-22(7-6-12(11)13)10-15(23)19-17-21-20-16(25-17)14-5-2-8-24-14/h1,3-4,14H,2,5-10H2,(H,19,21,23). The smallest absolute Gasteiger partial charge is 0.240 e. The Kier molecular flexibility index (Phi) is 4.98. The number of nitrogens with one attached hydrogen (secondary N) is 1. The predicted octanol–water partition coefficient (Wildman–Crippen LogP) is 3.04. The van der Waals surface area contributed by atoms with Gasteiger partial charge in [-0.15, -0.1) is 10.2 Å². The molecule has 1 amide bonds. The molecule has 2 aliphatic rings. The minimum atomic E-state index is -0.0690. The van der Waals surface area contributed by atoms with Crippen LogP contribution < -0.4 is 5.32 Å². The molecule has 3 heterocycles. The maximum atomic E-state index is 12.3. The van der Waals surface area contributed by atoms with Crippen molar-refractivity contribution in [1.29, 1.82) is 0 Å². The Bertz CT molecular complexity index is 776. The van der Waals surface area contributed by atoms with Gasteiger partial charge in [0.1, 0.15) is 11.1 Å². The second-order valence-electron chi connectivity index (χ2n) is 6.33. The van der Waals surface area contributed by atoms with E-state index in [0.717, 1.165) is 49.0 Å². The lowest BCUT2D eigenvalue weighted by atomic mass is 10.00. The van der Waals surface area contributed by atoms with E-state index < -0.39 is 0 Å². The van der Waals surface area contributed by atoms with Gasteiger partial charge in [-0.05, 0) is 36.5 Å². The molecule has 1 fully saturated rings. The van der Waals surface area contributed by atoms with E-state index in [0.29, 0.717) is 11.7 Å². The lowest BCUT2D eigenvalue weighted by molar-refractivity contribution is -0.117. The molecule has 0 bridgehead atoms. The fraction of sp³-hybridized carbons (Fsp3) is 0.471. The number of hydrogen-bond donors (Lipinski definition) is 1. The molecule has 1 atom stereocenters. The van der Waals surface area contributed by atoms with Crippen LogP contribution in [0.5, 0.6) is 0 Å². The number of ether oxygens (including phenoxy) is 1. The average molecular weight is 379 g/mol. The van der Waals surface area contributed by atoms with Gasteiger partial charge in [-0.25, -0.2) is 0 Å². The first kappa shape index (κ1) is 16.9. The van der Waals surface area contributed by atoms with Crippen molar-refractivity contribution in [1.82, 2.24) is 15.1 Å². The lowest BCUT2D eigenvalue weighted by Gasteiger charge is -2.28. The van der Waals surface area contributed by atoms with Crippen molar-refractivity contribution in [3.05, 3.63) is 39.4 Å². The largest absolute Gasteiger partial charge is 0.371 e. The topological polar surface area (TPSA) is 67.4 Å². The van der Waals surface area contributed by atoms with Gasteiger partial charge in [0.2, 0.25) is 11.0 Å². The van der Waals surface area contributed by atoms with Gasteiger partial charge in [0, 0.05) is 24.7 Å². The molecule has 1 aromatic carbocycles. The number of rotatable bonds is 4. The molecule has 6 nitrogen and oxygen atoms in total. The number of hydrogen-bond acceptors (Lipinski definition) is 6. The van der Waals surface area contributed by atoms with Gasteiger partial charge in [0.25, 0.3) is 0 Å². The third kappa shape index (κ3) is 3.84. The summed E-state index contributed by atoms with van der Waals surface area (Å²) >= 11 is 7.63. The first-order valence-corrected chi connectivity index (χ1v) is 9.62. The van der Waals surface area contributed by atoms with E-state index >= 15 is 0 Å². The quantitative estimate of drug-likeness (QED) is 0.885. The summed E-state index contributed by atoms with van der Waals surface area (Å²) in [5.41, 5.74) is 2.40. The molecule has 0 saturated carbocycles. The Hall–Kier alpha value is -1.54. The van der Waals surface area contributed by atoms with Crippen LogP contribution in [0.2, 0.25) is 5.02 Å². The highest BCUT2D eigenvalue weighted by Crippen LogP contribution is 2.32. The van der Waals surface area contributed by atoms with Crippen molar-refractivity contribution in [2.24, 2.45) is 0 Å². The number of anilines is 1. The lowest BCUT2D eigenvalue weighted by Crippen LogP contribution is -2.37. The SMILES string of the molecule is O=C(CN1CCc2c(Cl)cccc2C1)Nc1nnc(C2CCCO2)s1. The summed E-state index contributed by atoms with van der Waals surface area (Å²) in [6.45, 7) is 2.66. The first-order chi connectivity index (χ1) is 12.2. The molecule has 1 unspecified atom stereocenters.